The number of hydrogen-bond donors (Lipinski definition) is 1. The van der Waals surface area contributed by atoms with Gasteiger partial charge in [-0.2, -0.15) is 26.3 Å². The molecule has 21 heavy (non-hydrogen) atoms. The molecular weight excluding hydrogens is 368 g/mol. The van der Waals surface area contributed by atoms with Crippen LogP contribution in [0.2, 0.25) is 4.34 Å². The average molecular weight is 375 g/mol. The first kappa shape index (κ1) is 18.5. The van der Waals surface area contributed by atoms with E-state index in [1.165, 1.54) is 4.72 Å². The van der Waals surface area contributed by atoms with Crippen molar-refractivity contribution in [2.24, 2.45) is 5.92 Å². The maximum absolute atomic E-state index is 12.4. The Bertz CT molecular complexity index is 580. The van der Waals surface area contributed by atoms with E-state index in [1.807, 2.05) is 0 Å². The van der Waals surface area contributed by atoms with Crippen LogP contribution < -0.4 is 4.72 Å². The average Bonchev–Trinajstić information content (AvgIpc) is 2.59. The van der Waals surface area contributed by atoms with Gasteiger partial charge >= 0.3 is 12.4 Å². The molecule has 0 spiro atoms. The van der Waals surface area contributed by atoms with Gasteiger partial charge in [-0.3, -0.25) is 0 Å². The molecule has 1 rings (SSSR count). The summed E-state index contributed by atoms with van der Waals surface area (Å²) < 4.78 is 98.7. The summed E-state index contributed by atoms with van der Waals surface area (Å²) in [6, 6.07) is -0.571. The van der Waals surface area contributed by atoms with Crippen LogP contribution in [0.1, 0.15) is 0 Å². The molecule has 1 N–H and O–H groups in total. The lowest BCUT2D eigenvalue weighted by Gasteiger charge is -2.28. The Balaban J connectivity index is 3.05. The first-order valence-electron chi connectivity index (χ1n) is 4.99. The zero-order chi connectivity index (χ0) is 16.6. The molecule has 3 nitrogen and oxygen atoms in total. The molecule has 0 aliphatic heterocycles. The fraction of sp³-hybridized carbons (Fsp3) is 0.444. The molecule has 1 aromatic rings. The Kier molecular flexibility index (Phi) is 5.24. The quantitative estimate of drug-likeness (QED) is 0.818. The molecule has 0 saturated carbocycles. The van der Waals surface area contributed by atoms with E-state index in [1.54, 1.807) is 0 Å². The van der Waals surface area contributed by atoms with Crippen molar-refractivity contribution in [3.63, 3.8) is 0 Å². The van der Waals surface area contributed by atoms with Crippen molar-refractivity contribution in [2.45, 2.75) is 22.6 Å². The Labute approximate surface area is 125 Å². The van der Waals surface area contributed by atoms with E-state index in [4.69, 9.17) is 11.6 Å². The van der Waals surface area contributed by atoms with E-state index in [2.05, 4.69) is 6.92 Å². The molecule has 1 radical (unpaired) electrons. The lowest BCUT2D eigenvalue weighted by Crippen LogP contribution is -2.51. The van der Waals surface area contributed by atoms with Crippen LogP contribution in [0.5, 0.6) is 0 Å². The summed E-state index contributed by atoms with van der Waals surface area (Å²) in [5.74, 6) is -3.92. The van der Waals surface area contributed by atoms with Crippen LogP contribution in [-0.2, 0) is 10.0 Å². The number of hydrogen-bond acceptors (Lipinski definition) is 3. The van der Waals surface area contributed by atoms with E-state index in [0.29, 0.717) is 11.3 Å². The summed E-state index contributed by atoms with van der Waals surface area (Å²) in [6.45, 7) is 2.63. The Hall–Kier alpha value is -0.520. The molecule has 1 heterocycles. The van der Waals surface area contributed by atoms with Crippen LogP contribution in [0, 0.1) is 12.8 Å². The molecule has 0 amide bonds. The molecule has 1 atom stereocenters. The molecule has 12 heteroatoms. The molecule has 0 bridgehead atoms. The lowest BCUT2D eigenvalue weighted by molar-refractivity contribution is -0.287. The van der Waals surface area contributed by atoms with Crippen molar-refractivity contribution in [3.8, 4) is 0 Å². The van der Waals surface area contributed by atoms with Gasteiger partial charge in [0.2, 0.25) is 10.0 Å². The maximum atomic E-state index is 12.4. The van der Waals surface area contributed by atoms with Crippen molar-refractivity contribution >= 4 is 33.0 Å². The molecule has 1 aromatic heterocycles. The van der Waals surface area contributed by atoms with Gasteiger partial charge in [-0.25, -0.2) is 13.1 Å². The number of halogens is 7. The number of rotatable bonds is 4. The summed E-state index contributed by atoms with van der Waals surface area (Å²) in [4.78, 5) is 0. The summed E-state index contributed by atoms with van der Waals surface area (Å²) >= 11 is 5.95. The van der Waals surface area contributed by atoms with Gasteiger partial charge < -0.3 is 0 Å². The van der Waals surface area contributed by atoms with Crippen molar-refractivity contribution < 1.29 is 34.8 Å². The van der Waals surface area contributed by atoms with Crippen LogP contribution in [0.3, 0.4) is 0 Å². The topological polar surface area (TPSA) is 46.2 Å². The predicted molar refractivity (Wildman–Crippen MR) is 64.4 cm³/mol. The van der Waals surface area contributed by atoms with Gasteiger partial charge in [0.15, 0.2) is 5.92 Å². The highest BCUT2D eigenvalue weighted by Gasteiger charge is 2.59. The molecule has 0 aliphatic carbocycles. The van der Waals surface area contributed by atoms with E-state index >= 15 is 0 Å². The zero-order valence-corrected chi connectivity index (χ0v) is 12.2. The van der Waals surface area contributed by atoms with Gasteiger partial charge in [0, 0.05) is 6.04 Å². The summed E-state index contributed by atoms with van der Waals surface area (Å²) in [5, 5.41) is 0. The molecule has 0 fully saturated rings. The van der Waals surface area contributed by atoms with Gasteiger partial charge in [0.05, 0.1) is 4.34 Å². The van der Waals surface area contributed by atoms with Crippen molar-refractivity contribution in [3.05, 3.63) is 23.4 Å². The largest absolute Gasteiger partial charge is 0.402 e. The van der Waals surface area contributed by atoms with Crippen LogP contribution >= 0.6 is 22.9 Å². The second-order valence-corrected chi connectivity index (χ2v) is 7.50. The first-order valence-corrected chi connectivity index (χ1v) is 7.67. The van der Waals surface area contributed by atoms with Gasteiger partial charge in [0.25, 0.3) is 0 Å². The second-order valence-electron chi connectivity index (χ2n) is 3.85. The first-order chi connectivity index (χ1) is 9.25. The third kappa shape index (κ3) is 4.73. The smallest absolute Gasteiger partial charge is 0.206 e. The monoisotopic (exact) mass is 374 g/mol. The minimum absolute atomic E-state index is 0.0131. The molecule has 0 saturated heterocycles. The summed E-state index contributed by atoms with van der Waals surface area (Å²) in [6.07, 6.45) is -11.4. The van der Waals surface area contributed by atoms with Gasteiger partial charge in [0.1, 0.15) is 4.21 Å². The van der Waals surface area contributed by atoms with E-state index in [0.717, 1.165) is 12.1 Å². The van der Waals surface area contributed by atoms with Gasteiger partial charge in [-0.1, -0.05) is 11.6 Å². The number of sulfonamides is 1. The summed E-state index contributed by atoms with van der Waals surface area (Å²) in [7, 11) is -4.58. The van der Waals surface area contributed by atoms with Crippen molar-refractivity contribution in [1.82, 2.24) is 4.72 Å². The second kappa shape index (κ2) is 5.94. The van der Waals surface area contributed by atoms with Crippen molar-refractivity contribution in [2.75, 3.05) is 0 Å². The van der Waals surface area contributed by atoms with Gasteiger partial charge in [-0.05, 0) is 19.1 Å². The number of alkyl halides is 6. The SMILES string of the molecule is [CH2][C@H](NS(=O)(=O)c1ccc(Cl)s1)C(C(F)(F)F)C(F)(F)F. The number of thiophene rings is 1. The zero-order valence-electron chi connectivity index (χ0n) is 9.80. The number of nitrogens with one attached hydrogen (secondary N) is 1. The minimum atomic E-state index is -5.69. The fourth-order valence-corrected chi connectivity index (χ4v) is 4.07. The lowest BCUT2D eigenvalue weighted by atomic mass is 10.0. The molecular formula is C9H7ClF6NO2S2. The minimum Gasteiger partial charge on any atom is -0.206 e. The van der Waals surface area contributed by atoms with E-state index in [-0.39, 0.29) is 4.34 Å². The van der Waals surface area contributed by atoms with Crippen molar-refractivity contribution in [1.29, 1.82) is 0 Å². The maximum Gasteiger partial charge on any atom is 0.402 e. The molecule has 0 aliphatic rings. The predicted octanol–water partition coefficient (Wildman–Crippen LogP) is 3.62. The Morgan fingerprint density at radius 3 is 1.95 bits per heavy atom. The van der Waals surface area contributed by atoms with Crippen LogP contribution in [-0.4, -0.2) is 26.8 Å². The third-order valence-electron chi connectivity index (χ3n) is 2.23. The van der Waals surface area contributed by atoms with E-state index < -0.39 is 38.5 Å². The van der Waals surface area contributed by atoms with Crippen LogP contribution in [0.25, 0.3) is 0 Å². The fourth-order valence-electron chi connectivity index (χ4n) is 1.41. The van der Waals surface area contributed by atoms with Crippen LogP contribution in [0.15, 0.2) is 16.3 Å². The van der Waals surface area contributed by atoms with Crippen LogP contribution in [0.4, 0.5) is 26.3 Å². The molecule has 0 unspecified atom stereocenters. The normalized spacial score (nSPS) is 15.5. The highest BCUT2D eigenvalue weighted by atomic mass is 35.5. The Morgan fingerprint density at radius 2 is 1.62 bits per heavy atom. The highest BCUT2D eigenvalue weighted by Crippen LogP contribution is 2.41. The highest BCUT2D eigenvalue weighted by molar-refractivity contribution is 7.91. The van der Waals surface area contributed by atoms with Gasteiger partial charge in [-0.15, -0.1) is 11.3 Å². The molecule has 121 valence electrons. The van der Waals surface area contributed by atoms with E-state index in [9.17, 15) is 34.8 Å². The molecule has 0 aromatic carbocycles. The Morgan fingerprint density at radius 1 is 1.14 bits per heavy atom. The standard InChI is InChI=1S/C9H7ClF6NO2S2/c1-4(7(8(11,12)13)9(14,15)16)17-21(18,19)6-3-2-5(10)20-6/h2-4,7,17H,1H2/t4-/m0/s1. The third-order valence-corrected chi connectivity index (χ3v) is 5.44. The summed E-state index contributed by atoms with van der Waals surface area (Å²) in [5.41, 5.74) is 0.